The zero-order chi connectivity index (χ0) is 14.8. The van der Waals surface area contributed by atoms with Crippen molar-refractivity contribution in [2.75, 3.05) is 6.54 Å². The third-order valence-corrected chi connectivity index (χ3v) is 4.95. The first kappa shape index (κ1) is 15.5. The van der Waals surface area contributed by atoms with Gasteiger partial charge in [0.1, 0.15) is 5.82 Å². The lowest BCUT2D eigenvalue weighted by molar-refractivity contribution is 0.145. The van der Waals surface area contributed by atoms with Crippen LogP contribution in [-0.4, -0.2) is 6.54 Å². The highest BCUT2D eigenvalue weighted by Crippen LogP contribution is 2.47. The van der Waals surface area contributed by atoms with Gasteiger partial charge in [-0.15, -0.1) is 0 Å². The molecule has 20 heavy (non-hydrogen) atoms. The van der Waals surface area contributed by atoms with Crippen LogP contribution in [0.2, 0.25) is 0 Å². The Hall–Kier alpha value is -0.890. The average Bonchev–Trinajstić information content (AvgIpc) is 2.37. The topological polar surface area (TPSA) is 12.0 Å². The smallest absolute Gasteiger partial charge is 0.123 e. The van der Waals surface area contributed by atoms with E-state index < -0.39 is 0 Å². The van der Waals surface area contributed by atoms with E-state index >= 15 is 0 Å². The molecule has 0 spiro atoms. The van der Waals surface area contributed by atoms with Crippen molar-refractivity contribution in [2.24, 2.45) is 5.41 Å². The molecule has 0 aliphatic heterocycles. The number of hydrogen-bond donors (Lipinski definition) is 1. The molecule has 0 heterocycles. The molecule has 0 saturated heterocycles. The van der Waals surface area contributed by atoms with Crippen molar-refractivity contribution in [2.45, 2.75) is 65.8 Å². The first-order chi connectivity index (χ1) is 9.48. The molecule has 1 aromatic rings. The number of benzene rings is 1. The van der Waals surface area contributed by atoms with Crippen LogP contribution >= 0.6 is 0 Å². The van der Waals surface area contributed by atoms with Crippen LogP contribution in [0.1, 0.15) is 68.7 Å². The fourth-order valence-corrected chi connectivity index (χ4v) is 3.93. The molecular formula is C18H28FN. The normalized spacial score (nSPS) is 19.9. The Morgan fingerprint density at radius 3 is 2.20 bits per heavy atom. The summed E-state index contributed by atoms with van der Waals surface area (Å²) >= 11 is 0. The SMILES string of the molecule is CCNC(c1c(C)cc(F)cc1C)C1(C)CCCCC1. The van der Waals surface area contributed by atoms with Gasteiger partial charge in [0.25, 0.3) is 0 Å². The first-order valence-electron chi connectivity index (χ1n) is 7.98. The summed E-state index contributed by atoms with van der Waals surface area (Å²) < 4.78 is 13.6. The zero-order valence-corrected chi connectivity index (χ0v) is 13.4. The minimum Gasteiger partial charge on any atom is -0.310 e. The lowest BCUT2D eigenvalue weighted by atomic mass is 9.67. The van der Waals surface area contributed by atoms with Crippen molar-refractivity contribution in [1.29, 1.82) is 0 Å². The van der Waals surface area contributed by atoms with Crippen LogP contribution in [0.4, 0.5) is 4.39 Å². The maximum atomic E-state index is 13.6. The fraction of sp³-hybridized carbons (Fsp3) is 0.667. The van der Waals surface area contributed by atoms with Crippen LogP contribution in [0, 0.1) is 25.1 Å². The first-order valence-corrected chi connectivity index (χ1v) is 7.98. The van der Waals surface area contributed by atoms with E-state index in [1.807, 2.05) is 13.8 Å². The van der Waals surface area contributed by atoms with Gasteiger partial charge in [0.15, 0.2) is 0 Å². The third-order valence-electron chi connectivity index (χ3n) is 4.95. The molecule has 1 N–H and O–H groups in total. The van der Waals surface area contributed by atoms with E-state index in [1.54, 1.807) is 12.1 Å². The molecule has 2 heteroatoms. The molecule has 0 aromatic heterocycles. The Morgan fingerprint density at radius 1 is 1.15 bits per heavy atom. The van der Waals surface area contributed by atoms with Gasteiger partial charge in [0.05, 0.1) is 0 Å². The third kappa shape index (κ3) is 3.06. The molecule has 1 unspecified atom stereocenters. The molecule has 0 radical (unpaired) electrons. The Morgan fingerprint density at radius 2 is 1.70 bits per heavy atom. The second kappa shape index (κ2) is 6.26. The Kier molecular flexibility index (Phi) is 4.85. The monoisotopic (exact) mass is 277 g/mol. The largest absolute Gasteiger partial charge is 0.310 e. The molecule has 1 atom stereocenters. The number of aryl methyl sites for hydroxylation is 2. The molecule has 1 fully saturated rings. The summed E-state index contributed by atoms with van der Waals surface area (Å²) in [7, 11) is 0. The van der Waals surface area contributed by atoms with Crippen molar-refractivity contribution in [3.8, 4) is 0 Å². The van der Waals surface area contributed by atoms with Gasteiger partial charge in [-0.1, -0.05) is 33.1 Å². The lowest BCUT2D eigenvalue weighted by Gasteiger charge is -2.42. The summed E-state index contributed by atoms with van der Waals surface area (Å²) in [6.07, 6.45) is 6.52. The Bertz CT molecular complexity index is 437. The van der Waals surface area contributed by atoms with E-state index in [4.69, 9.17) is 0 Å². The predicted octanol–water partition coefficient (Wildman–Crippen LogP) is 5.06. The van der Waals surface area contributed by atoms with Gasteiger partial charge >= 0.3 is 0 Å². The summed E-state index contributed by atoms with van der Waals surface area (Å²) in [5.41, 5.74) is 3.78. The molecule has 1 aromatic carbocycles. The van der Waals surface area contributed by atoms with Crippen molar-refractivity contribution >= 4 is 0 Å². The molecule has 0 amide bonds. The van der Waals surface area contributed by atoms with Gasteiger partial charge in [-0.05, 0) is 67.5 Å². The number of rotatable bonds is 4. The number of hydrogen-bond acceptors (Lipinski definition) is 1. The lowest BCUT2D eigenvalue weighted by Crippen LogP contribution is -2.38. The van der Waals surface area contributed by atoms with Crippen LogP contribution in [0.15, 0.2) is 12.1 Å². The van der Waals surface area contributed by atoms with Crippen LogP contribution in [0.25, 0.3) is 0 Å². The van der Waals surface area contributed by atoms with E-state index in [2.05, 4.69) is 19.2 Å². The van der Waals surface area contributed by atoms with Crippen LogP contribution in [0.3, 0.4) is 0 Å². The highest BCUT2D eigenvalue weighted by Gasteiger charge is 2.37. The highest BCUT2D eigenvalue weighted by atomic mass is 19.1. The minimum atomic E-state index is -0.118. The van der Waals surface area contributed by atoms with Crippen LogP contribution < -0.4 is 5.32 Å². The van der Waals surface area contributed by atoms with Crippen molar-refractivity contribution in [3.63, 3.8) is 0 Å². The number of halogens is 1. The quantitative estimate of drug-likeness (QED) is 0.810. The standard InChI is InChI=1S/C18H28FN/c1-5-20-17(18(4)9-7-6-8-10-18)16-13(2)11-15(19)12-14(16)3/h11-12,17,20H,5-10H2,1-4H3. The summed E-state index contributed by atoms with van der Waals surface area (Å²) in [4.78, 5) is 0. The summed E-state index contributed by atoms with van der Waals surface area (Å²) in [6, 6.07) is 3.70. The molecule has 2 rings (SSSR count). The van der Waals surface area contributed by atoms with Crippen molar-refractivity contribution in [3.05, 3.63) is 34.6 Å². The van der Waals surface area contributed by atoms with Crippen molar-refractivity contribution < 1.29 is 4.39 Å². The Balaban J connectivity index is 2.43. The maximum absolute atomic E-state index is 13.6. The van der Waals surface area contributed by atoms with E-state index in [-0.39, 0.29) is 5.82 Å². The second-order valence-electron chi connectivity index (χ2n) is 6.66. The van der Waals surface area contributed by atoms with Gasteiger partial charge in [0.2, 0.25) is 0 Å². The van der Waals surface area contributed by atoms with Gasteiger partial charge in [-0.25, -0.2) is 4.39 Å². The van der Waals surface area contributed by atoms with E-state index in [0.717, 1.165) is 17.7 Å². The van der Waals surface area contributed by atoms with E-state index in [9.17, 15) is 4.39 Å². The molecule has 112 valence electrons. The van der Waals surface area contributed by atoms with Gasteiger partial charge in [-0.2, -0.15) is 0 Å². The van der Waals surface area contributed by atoms with Crippen LogP contribution in [0.5, 0.6) is 0 Å². The van der Waals surface area contributed by atoms with Gasteiger partial charge < -0.3 is 5.32 Å². The molecular weight excluding hydrogens is 249 g/mol. The van der Waals surface area contributed by atoms with E-state index in [1.165, 1.54) is 37.7 Å². The molecule has 0 bridgehead atoms. The van der Waals surface area contributed by atoms with Crippen LogP contribution in [-0.2, 0) is 0 Å². The molecule has 1 aliphatic carbocycles. The average molecular weight is 277 g/mol. The zero-order valence-electron chi connectivity index (χ0n) is 13.4. The number of nitrogens with one attached hydrogen (secondary N) is 1. The summed E-state index contributed by atoms with van der Waals surface area (Å²) in [6.45, 7) is 9.61. The van der Waals surface area contributed by atoms with Crippen molar-refractivity contribution in [1.82, 2.24) is 5.32 Å². The van der Waals surface area contributed by atoms with E-state index in [0.29, 0.717) is 11.5 Å². The molecule has 1 nitrogen and oxygen atoms in total. The summed E-state index contributed by atoms with van der Waals surface area (Å²) in [5.74, 6) is -0.118. The molecule has 1 aliphatic rings. The second-order valence-corrected chi connectivity index (χ2v) is 6.66. The molecule has 1 saturated carbocycles. The maximum Gasteiger partial charge on any atom is 0.123 e. The highest BCUT2D eigenvalue weighted by molar-refractivity contribution is 5.38. The minimum absolute atomic E-state index is 0.118. The van der Waals surface area contributed by atoms with Gasteiger partial charge in [0, 0.05) is 6.04 Å². The fourth-order valence-electron chi connectivity index (χ4n) is 3.93. The Labute approximate surface area is 123 Å². The van der Waals surface area contributed by atoms with Gasteiger partial charge in [-0.3, -0.25) is 0 Å². The summed E-state index contributed by atoms with van der Waals surface area (Å²) in [5, 5.41) is 3.69. The predicted molar refractivity (Wildman–Crippen MR) is 83.5 cm³/mol.